The van der Waals surface area contributed by atoms with Crippen LogP contribution in [-0.4, -0.2) is 16.0 Å². The fourth-order valence-electron chi connectivity index (χ4n) is 3.07. The van der Waals surface area contributed by atoms with E-state index in [4.69, 9.17) is 9.26 Å². The molecule has 3 aromatic rings. The first-order chi connectivity index (χ1) is 14.4. The molecule has 1 aromatic heterocycles. The van der Waals surface area contributed by atoms with E-state index >= 15 is 0 Å². The number of nitro benzene ring substituents is 1. The Morgan fingerprint density at radius 2 is 1.93 bits per heavy atom. The van der Waals surface area contributed by atoms with Gasteiger partial charge >= 0.3 is 0 Å². The Hall–Kier alpha value is -3.68. The summed E-state index contributed by atoms with van der Waals surface area (Å²) in [5, 5.41) is 17.8. The fourth-order valence-corrected chi connectivity index (χ4v) is 3.07. The van der Waals surface area contributed by atoms with E-state index in [1.807, 2.05) is 32.9 Å². The molecule has 0 fully saturated rings. The lowest BCUT2D eigenvalue weighted by Crippen LogP contribution is -2.14. The van der Waals surface area contributed by atoms with Crippen LogP contribution in [0, 0.1) is 24.0 Å². The highest BCUT2D eigenvalue weighted by molar-refractivity contribution is 5.92. The van der Waals surface area contributed by atoms with E-state index in [1.165, 1.54) is 6.07 Å². The SMILES string of the molecule is CCc1ccc(NC(=O)Cc2ccc(OCc3c(C)noc3C)cc2)cc1[N+](=O)[O-]. The van der Waals surface area contributed by atoms with Gasteiger partial charge in [-0.1, -0.05) is 30.3 Å². The number of anilines is 1. The smallest absolute Gasteiger partial charge is 0.274 e. The second kappa shape index (κ2) is 9.21. The van der Waals surface area contributed by atoms with Gasteiger partial charge in [0.25, 0.3) is 5.69 Å². The van der Waals surface area contributed by atoms with Gasteiger partial charge in [0.1, 0.15) is 18.1 Å². The third kappa shape index (κ3) is 5.02. The number of ether oxygens (including phenoxy) is 1. The summed E-state index contributed by atoms with van der Waals surface area (Å²) in [5.41, 5.74) is 3.56. The van der Waals surface area contributed by atoms with Crippen LogP contribution in [0.3, 0.4) is 0 Å². The molecule has 0 saturated carbocycles. The molecule has 156 valence electrons. The van der Waals surface area contributed by atoms with E-state index in [-0.39, 0.29) is 18.0 Å². The van der Waals surface area contributed by atoms with Gasteiger partial charge in [-0.25, -0.2) is 0 Å². The molecule has 30 heavy (non-hydrogen) atoms. The van der Waals surface area contributed by atoms with Crippen LogP contribution in [-0.2, 0) is 24.2 Å². The third-order valence-electron chi connectivity index (χ3n) is 4.80. The Morgan fingerprint density at radius 1 is 1.20 bits per heavy atom. The largest absolute Gasteiger partial charge is 0.489 e. The van der Waals surface area contributed by atoms with E-state index in [1.54, 1.807) is 24.3 Å². The Kier molecular flexibility index (Phi) is 6.46. The van der Waals surface area contributed by atoms with E-state index < -0.39 is 4.92 Å². The number of aromatic nitrogens is 1. The highest BCUT2D eigenvalue weighted by Crippen LogP contribution is 2.24. The van der Waals surface area contributed by atoms with Crippen molar-refractivity contribution in [2.75, 3.05) is 5.32 Å². The van der Waals surface area contributed by atoms with Crippen LogP contribution in [0.4, 0.5) is 11.4 Å². The molecule has 0 atom stereocenters. The number of rotatable bonds is 8. The molecule has 1 amide bonds. The van der Waals surface area contributed by atoms with Gasteiger partial charge in [0.15, 0.2) is 0 Å². The number of carbonyl (C=O) groups excluding carboxylic acids is 1. The van der Waals surface area contributed by atoms with Crippen molar-refractivity contribution >= 4 is 17.3 Å². The number of nitro groups is 1. The molecule has 0 aliphatic rings. The molecule has 0 aliphatic carbocycles. The predicted octanol–water partition coefficient (Wildman–Crippen LogP) is 4.52. The van der Waals surface area contributed by atoms with Crippen molar-refractivity contribution in [3.63, 3.8) is 0 Å². The first kappa shape index (κ1) is 21.0. The lowest BCUT2D eigenvalue weighted by atomic mass is 10.1. The van der Waals surface area contributed by atoms with Crippen molar-refractivity contribution in [1.82, 2.24) is 5.16 Å². The molecule has 1 N–H and O–H groups in total. The molecule has 8 heteroatoms. The monoisotopic (exact) mass is 409 g/mol. The Bertz CT molecular complexity index is 1040. The van der Waals surface area contributed by atoms with Gasteiger partial charge in [0, 0.05) is 17.3 Å². The van der Waals surface area contributed by atoms with Crippen LogP contribution < -0.4 is 10.1 Å². The summed E-state index contributed by atoms with van der Waals surface area (Å²) >= 11 is 0. The standard InChI is InChI=1S/C22H23N3O5/c1-4-17-7-8-18(12-21(17)25(27)28)23-22(26)11-16-5-9-19(10-6-16)29-13-20-14(2)24-30-15(20)3/h5-10,12H,4,11,13H2,1-3H3,(H,23,26). The summed E-state index contributed by atoms with van der Waals surface area (Å²) in [5.74, 6) is 1.15. The lowest BCUT2D eigenvalue weighted by molar-refractivity contribution is -0.385. The molecule has 0 bridgehead atoms. The van der Waals surface area contributed by atoms with Crippen molar-refractivity contribution in [2.24, 2.45) is 0 Å². The van der Waals surface area contributed by atoms with Crippen LogP contribution in [0.25, 0.3) is 0 Å². The Labute approximate surface area is 174 Å². The summed E-state index contributed by atoms with van der Waals surface area (Å²) in [6, 6.07) is 11.9. The van der Waals surface area contributed by atoms with E-state index in [0.29, 0.717) is 30.0 Å². The van der Waals surface area contributed by atoms with Gasteiger partial charge < -0.3 is 14.6 Å². The normalized spacial score (nSPS) is 10.6. The zero-order chi connectivity index (χ0) is 21.7. The summed E-state index contributed by atoms with van der Waals surface area (Å²) in [6.07, 6.45) is 0.697. The molecule has 0 aliphatic heterocycles. The molecule has 8 nitrogen and oxygen atoms in total. The number of nitrogens with zero attached hydrogens (tertiary/aromatic N) is 2. The third-order valence-corrected chi connectivity index (χ3v) is 4.80. The zero-order valence-electron chi connectivity index (χ0n) is 17.1. The van der Waals surface area contributed by atoms with Gasteiger partial charge in [0.05, 0.1) is 22.6 Å². The summed E-state index contributed by atoms with van der Waals surface area (Å²) in [7, 11) is 0. The van der Waals surface area contributed by atoms with Gasteiger partial charge in [-0.05, 0) is 44.0 Å². The fraction of sp³-hybridized carbons (Fsp3) is 0.273. The molecule has 1 heterocycles. The van der Waals surface area contributed by atoms with Gasteiger partial charge in [-0.2, -0.15) is 0 Å². The van der Waals surface area contributed by atoms with Crippen molar-refractivity contribution in [3.8, 4) is 5.75 Å². The molecule has 0 saturated heterocycles. The summed E-state index contributed by atoms with van der Waals surface area (Å²) in [6.45, 7) is 5.90. The minimum absolute atomic E-state index is 0.00935. The number of aryl methyl sites for hydroxylation is 3. The van der Waals surface area contributed by atoms with E-state index in [9.17, 15) is 14.9 Å². The molecule has 3 rings (SSSR count). The average Bonchev–Trinajstić information content (AvgIpc) is 3.04. The highest BCUT2D eigenvalue weighted by Gasteiger charge is 2.14. The predicted molar refractivity (Wildman–Crippen MR) is 112 cm³/mol. The second-order valence-corrected chi connectivity index (χ2v) is 6.91. The van der Waals surface area contributed by atoms with Crippen LogP contribution in [0.1, 0.15) is 35.1 Å². The van der Waals surface area contributed by atoms with Gasteiger partial charge in [0.2, 0.25) is 5.91 Å². The van der Waals surface area contributed by atoms with Crippen molar-refractivity contribution in [3.05, 3.63) is 80.7 Å². The molecule has 0 spiro atoms. The molecular formula is C22H23N3O5. The van der Waals surface area contributed by atoms with Crippen LogP contribution in [0.2, 0.25) is 0 Å². The van der Waals surface area contributed by atoms with Gasteiger partial charge in [-0.15, -0.1) is 0 Å². The Morgan fingerprint density at radius 3 is 2.53 bits per heavy atom. The number of amides is 1. The van der Waals surface area contributed by atoms with Crippen molar-refractivity contribution < 1.29 is 19.0 Å². The summed E-state index contributed by atoms with van der Waals surface area (Å²) < 4.78 is 10.9. The number of carbonyl (C=O) groups is 1. The Balaban J connectivity index is 1.58. The molecule has 0 unspecified atom stereocenters. The van der Waals surface area contributed by atoms with E-state index in [2.05, 4.69) is 10.5 Å². The van der Waals surface area contributed by atoms with Gasteiger partial charge in [-0.3, -0.25) is 14.9 Å². The number of benzene rings is 2. The van der Waals surface area contributed by atoms with Crippen LogP contribution in [0.5, 0.6) is 5.75 Å². The topological polar surface area (TPSA) is 108 Å². The minimum atomic E-state index is -0.435. The zero-order valence-corrected chi connectivity index (χ0v) is 17.1. The minimum Gasteiger partial charge on any atom is -0.489 e. The molecular weight excluding hydrogens is 386 g/mol. The molecule has 0 radical (unpaired) electrons. The summed E-state index contributed by atoms with van der Waals surface area (Å²) in [4.78, 5) is 23.1. The first-order valence-corrected chi connectivity index (χ1v) is 9.58. The maximum absolute atomic E-state index is 12.3. The first-order valence-electron chi connectivity index (χ1n) is 9.58. The second-order valence-electron chi connectivity index (χ2n) is 6.91. The van der Waals surface area contributed by atoms with Crippen LogP contribution in [0.15, 0.2) is 47.0 Å². The van der Waals surface area contributed by atoms with Crippen molar-refractivity contribution in [2.45, 2.75) is 40.2 Å². The highest BCUT2D eigenvalue weighted by atomic mass is 16.6. The average molecular weight is 409 g/mol. The quantitative estimate of drug-likeness (QED) is 0.433. The van der Waals surface area contributed by atoms with E-state index in [0.717, 1.165) is 22.6 Å². The van der Waals surface area contributed by atoms with Crippen molar-refractivity contribution in [1.29, 1.82) is 0 Å². The molecule has 2 aromatic carbocycles. The maximum atomic E-state index is 12.3. The number of nitrogens with one attached hydrogen (secondary N) is 1. The maximum Gasteiger partial charge on any atom is 0.274 e. The number of hydrogen-bond donors (Lipinski definition) is 1. The number of hydrogen-bond acceptors (Lipinski definition) is 6. The van der Waals surface area contributed by atoms with Crippen LogP contribution >= 0.6 is 0 Å². The lowest BCUT2D eigenvalue weighted by Gasteiger charge is -2.09.